The summed E-state index contributed by atoms with van der Waals surface area (Å²) in [5.41, 5.74) is 1.85. The number of aromatic amines is 1. The molecule has 0 amide bonds. The number of H-pyrrole nitrogens is 1. The van der Waals surface area contributed by atoms with E-state index in [1.807, 2.05) is 44.2 Å². The summed E-state index contributed by atoms with van der Waals surface area (Å²) in [5.74, 6) is 0.0299. The second kappa shape index (κ2) is 7.00. The fraction of sp³-hybridized carbons (Fsp3) is 0.500. The van der Waals surface area contributed by atoms with Gasteiger partial charge in [-0.3, -0.25) is 9.36 Å². The quantitative estimate of drug-likeness (QED) is 0.811. The number of aromatic nitrogens is 2. The van der Waals surface area contributed by atoms with E-state index >= 15 is 0 Å². The molecule has 0 aliphatic heterocycles. The van der Waals surface area contributed by atoms with Gasteiger partial charge in [0.05, 0.1) is 0 Å². The predicted molar refractivity (Wildman–Crippen MR) is 98.0 cm³/mol. The van der Waals surface area contributed by atoms with Crippen LogP contribution < -0.4 is 11.2 Å². The van der Waals surface area contributed by atoms with E-state index in [4.69, 9.17) is 0 Å². The highest BCUT2D eigenvalue weighted by Crippen LogP contribution is 2.49. The minimum Gasteiger partial charge on any atom is -0.396 e. The van der Waals surface area contributed by atoms with Crippen LogP contribution in [0.5, 0.6) is 0 Å². The van der Waals surface area contributed by atoms with E-state index in [1.165, 1.54) is 4.57 Å². The molecule has 0 bridgehead atoms. The molecule has 1 fully saturated rings. The van der Waals surface area contributed by atoms with E-state index in [-0.39, 0.29) is 29.2 Å². The van der Waals surface area contributed by atoms with Gasteiger partial charge in [0, 0.05) is 30.8 Å². The van der Waals surface area contributed by atoms with Crippen LogP contribution in [0.4, 0.5) is 0 Å². The van der Waals surface area contributed by atoms with Crippen LogP contribution >= 0.6 is 0 Å². The SMILES string of the molecule is CC(C)c1c(Cc2ccccc2)[nH]c(=O)n(CC2(CCO)CC2)c1=O. The van der Waals surface area contributed by atoms with Crippen LogP contribution in [0.2, 0.25) is 0 Å². The first-order chi connectivity index (χ1) is 12.0. The molecule has 5 nitrogen and oxygen atoms in total. The number of nitrogens with one attached hydrogen (secondary N) is 1. The highest BCUT2D eigenvalue weighted by molar-refractivity contribution is 5.28. The molecular formula is C20H26N2O3. The summed E-state index contributed by atoms with van der Waals surface area (Å²) in [5, 5.41) is 9.24. The molecule has 1 aliphatic rings. The Kier molecular flexibility index (Phi) is 4.95. The predicted octanol–water partition coefficient (Wildman–Crippen LogP) is 2.41. The van der Waals surface area contributed by atoms with Gasteiger partial charge in [0.15, 0.2) is 0 Å². The molecule has 5 heteroatoms. The molecule has 1 saturated carbocycles. The van der Waals surface area contributed by atoms with Crippen LogP contribution in [0.3, 0.4) is 0 Å². The third-order valence-corrected chi connectivity index (χ3v) is 5.20. The Morgan fingerprint density at radius 3 is 2.44 bits per heavy atom. The van der Waals surface area contributed by atoms with Crippen molar-refractivity contribution in [2.75, 3.05) is 6.61 Å². The summed E-state index contributed by atoms with van der Waals surface area (Å²) in [4.78, 5) is 28.6. The van der Waals surface area contributed by atoms with E-state index in [0.717, 1.165) is 18.4 Å². The summed E-state index contributed by atoms with van der Waals surface area (Å²) in [7, 11) is 0. The molecule has 0 atom stereocenters. The average Bonchev–Trinajstić information content (AvgIpc) is 3.32. The van der Waals surface area contributed by atoms with Gasteiger partial charge in [-0.05, 0) is 36.2 Å². The lowest BCUT2D eigenvalue weighted by molar-refractivity contribution is 0.234. The zero-order valence-electron chi connectivity index (χ0n) is 14.9. The minimum absolute atomic E-state index is 0.0299. The van der Waals surface area contributed by atoms with Crippen LogP contribution in [0.1, 0.15) is 55.8 Å². The van der Waals surface area contributed by atoms with Crippen molar-refractivity contribution < 1.29 is 5.11 Å². The monoisotopic (exact) mass is 342 g/mol. The van der Waals surface area contributed by atoms with Crippen LogP contribution in [0, 0.1) is 5.41 Å². The molecule has 134 valence electrons. The average molecular weight is 342 g/mol. The largest absolute Gasteiger partial charge is 0.396 e. The fourth-order valence-electron chi connectivity index (χ4n) is 3.55. The molecule has 2 N–H and O–H groups in total. The van der Waals surface area contributed by atoms with Gasteiger partial charge in [0.2, 0.25) is 0 Å². The number of nitrogens with zero attached hydrogens (tertiary/aromatic N) is 1. The second-order valence-corrected chi connectivity index (χ2v) is 7.50. The third kappa shape index (κ3) is 3.76. The van der Waals surface area contributed by atoms with Crippen molar-refractivity contribution in [3.8, 4) is 0 Å². The highest BCUT2D eigenvalue weighted by atomic mass is 16.3. The van der Waals surface area contributed by atoms with Crippen molar-refractivity contribution in [1.82, 2.24) is 9.55 Å². The minimum atomic E-state index is -0.343. The molecule has 1 heterocycles. The van der Waals surface area contributed by atoms with E-state index in [9.17, 15) is 14.7 Å². The van der Waals surface area contributed by atoms with E-state index < -0.39 is 0 Å². The lowest BCUT2D eigenvalue weighted by atomic mass is 9.97. The van der Waals surface area contributed by atoms with Gasteiger partial charge in [0.25, 0.3) is 5.56 Å². The van der Waals surface area contributed by atoms with Crippen LogP contribution in [0.25, 0.3) is 0 Å². The first kappa shape index (κ1) is 17.7. The van der Waals surface area contributed by atoms with E-state index in [1.54, 1.807) is 0 Å². The Bertz CT molecular complexity index is 845. The van der Waals surface area contributed by atoms with Gasteiger partial charge in [0.1, 0.15) is 0 Å². The van der Waals surface area contributed by atoms with Gasteiger partial charge in [-0.15, -0.1) is 0 Å². The lowest BCUT2D eigenvalue weighted by Crippen LogP contribution is -2.41. The van der Waals surface area contributed by atoms with Crippen molar-refractivity contribution in [2.45, 2.75) is 52.0 Å². The molecule has 1 aromatic carbocycles. The Morgan fingerprint density at radius 1 is 1.20 bits per heavy atom. The summed E-state index contributed by atoms with van der Waals surface area (Å²) in [6.45, 7) is 4.45. The second-order valence-electron chi connectivity index (χ2n) is 7.50. The molecule has 0 unspecified atom stereocenters. The highest BCUT2D eigenvalue weighted by Gasteiger charge is 2.43. The number of hydrogen-bond donors (Lipinski definition) is 2. The number of aliphatic hydroxyl groups is 1. The van der Waals surface area contributed by atoms with Gasteiger partial charge < -0.3 is 10.1 Å². The van der Waals surface area contributed by atoms with Crippen LogP contribution in [0.15, 0.2) is 39.9 Å². The molecule has 3 rings (SSSR count). The first-order valence-electron chi connectivity index (χ1n) is 8.96. The number of benzene rings is 1. The number of hydrogen-bond acceptors (Lipinski definition) is 3. The zero-order valence-corrected chi connectivity index (χ0v) is 14.9. The van der Waals surface area contributed by atoms with Gasteiger partial charge >= 0.3 is 5.69 Å². The van der Waals surface area contributed by atoms with Crippen molar-refractivity contribution >= 4 is 0 Å². The zero-order chi connectivity index (χ0) is 18.0. The molecule has 0 spiro atoms. The first-order valence-corrected chi connectivity index (χ1v) is 8.96. The molecule has 25 heavy (non-hydrogen) atoms. The van der Waals surface area contributed by atoms with Gasteiger partial charge in [-0.25, -0.2) is 4.79 Å². The molecular weight excluding hydrogens is 316 g/mol. The third-order valence-electron chi connectivity index (χ3n) is 5.20. The standard InChI is InChI=1S/C20H26N2O3/c1-14(2)17-16(12-15-6-4-3-5-7-15)21-19(25)22(18(17)24)13-20(8-9-20)10-11-23/h3-7,14,23H,8-13H2,1-2H3,(H,21,25). The molecule has 2 aromatic rings. The summed E-state index contributed by atoms with van der Waals surface area (Å²) < 4.78 is 1.34. The van der Waals surface area contributed by atoms with Crippen molar-refractivity contribution in [1.29, 1.82) is 0 Å². The Morgan fingerprint density at radius 2 is 1.88 bits per heavy atom. The normalized spacial score (nSPS) is 15.5. The van der Waals surface area contributed by atoms with Gasteiger partial charge in [-0.1, -0.05) is 44.2 Å². The molecule has 1 aromatic heterocycles. The van der Waals surface area contributed by atoms with Crippen molar-refractivity contribution in [3.63, 3.8) is 0 Å². The maximum Gasteiger partial charge on any atom is 0.328 e. The summed E-state index contributed by atoms with van der Waals surface area (Å²) >= 11 is 0. The Hall–Kier alpha value is -2.14. The number of rotatable bonds is 7. The van der Waals surface area contributed by atoms with Crippen molar-refractivity contribution in [3.05, 3.63) is 68.0 Å². The molecule has 1 aliphatic carbocycles. The molecule has 0 radical (unpaired) electrons. The van der Waals surface area contributed by atoms with E-state index in [0.29, 0.717) is 30.6 Å². The Labute approximate surface area is 147 Å². The Balaban J connectivity index is 2.01. The fourth-order valence-corrected chi connectivity index (χ4v) is 3.55. The lowest BCUT2D eigenvalue weighted by Gasteiger charge is -2.18. The smallest absolute Gasteiger partial charge is 0.328 e. The summed E-state index contributed by atoms with van der Waals surface area (Å²) in [6.07, 6.45) is 3.10. The van der Waals surface area contributed by atoms with Crippen LogP contribution in [-0.4, -0.2) is 21.3 Å². The van der Waals surface area contributed by atoms with Gasteiger partial charge in [-0.2, -0.15) is 0 Å². The topological polar surface area (TPSA) is 75.1 Å². The maximum absolute atomic E-state index is 13.0. The molecule has 0 saturated heterocycles. The van der Waals surface area contributed by atoms with Crippen molar-refractivity contribution in [2.24, 2.45) is 5.41 Å². The summed E-state index contributed by atoms with van der Waals surface area (Å²) in [6, 6.07) is 9.84. The number of aliphatic hydroxyl groups excluding tert-OH is 1. The van der Waals surface area contributed by atoms with Crippen LogP contribution in [-0.2, 0) is 13.0 Å². The maximum atomic E-state index is 13.0. The van der Waals surface area contributed by atoms with E-state index in [2.05, 4.69) is 4.98 Å².